The molecule has 2 rings (SSSR count). The molecule has 114 valence electrons. The molecule has 5 nitrogen and oxygen atoms in total. The van der Waals surface area contributed by atoms with Crippen molar-refractivity contribution < 1.29 is 14.7 Å². The van der Waals surface area contributed by atoms with Crippen LogP contribution in [0.5, 0.6) is 0 Å². The lowest BCUT2D eigenvalue weighted by molar-refractivity contribution is -0.143. The van der Waals surface area contributed by atoms with E-state index in [4.69, 9.17) is 5.11 Å². The van der Waals surface area contributed by atoms with Crippen molar-refractivity contribution in [2.45, 2.75) is 32.2 Å². The molecule has 1 aliphatic rings. The maximum absolute atomic E-state index is 12.3. The Labute approximate surface area is 125 Å². The van der Waals surface area contributed by atoms with E-state index in [1.807, 2.05) is 37.3 Å². The minimum absolute atomic E-state index is 0.00380. The number of nitrogens with zero attached hydrogens (tertiary/aromatic N) is 1. The number of carbonyl (C=O) groups is 2. The van der Waals surface area contributed by atoms with Crippen molar-refractivity contribution in [1.82, 2.24) is 10.2 Å². The first-order valence-corrected chi connectivity index (χ1v) is 7.45. The number of aliphatic carboxylic acids is 1. The van der Waals surface area contributed by atoms with Crippen LogP contribution in [0.3, 0.4) is 0 Å². The molecule has 1 atom stereocenters. The number of carbonyl (C=O) groups excluding carboxylic acids is 1. The molecule has 1 heterocycles. The summed E-state index contributed by atoms with van der Waals surface area (Å²) < 4.78 is 0. The van der Waals surface area contributed by atoms with Gasteiger partial charge in [0.05, 0.1) is 12.0 Å². The number of urea groups is 1. The summed E-state index contributed by atoms with van der Waals surface area (Å²) in [7, 11) is 0. The number of carboxylic acid groups (broad SMARTS) is 1. The Balaban J connectivity index is 1.91. The summed E-state index contributed by atoms with van der Waals surface area (Å²) >= 11 is 0. The van der Waals surface area contributed by atoms with Crippen molar-refractivity contribution in [3.63, 3.8) is 0 Å². The molecule has 0 saturated carbocycles. The molecule has 0 radical (unpaired) electrons. The molecule has 1 aromatic rings. The van der Waals surface area contributed by atoms with Crippen molar-refractivity contribution in [3.8, 4) is 0 Å². The lowest BCUT2D eigenvalue weighted by atomic mass is 9.97. The van der Waals surface area contributed by atoms with E-state index in [1.54, 1.807) is 4.90 Å². The molecule has 5 heteroatoms. The van der Waals surface area contributed by atoms with E-state index in [9.17, 15) is 9.59 Å². The standard InChI is InChI=1S/C16H22N2O3/c1-2-14(12-6-4-3-5-7-12)17-16(21)18-10-8-13(9-11-18)15(19)20/h3-7,13-14H,2,8-11H2,1H3,(H,17,21)(H,19,20). The van der Waals surface area contributed by atoms with Crippen molar-refractivity contribution in [2.75, 3.05) is 13.1 Å². The van der Waals surface area contributed by atoms with Crippen LogP contribution in [0.15, 0.2) is 30.3 Å². The Morgan fingerprint density at radius 1 is 1.29 bits per heavy atom. The summed E-state index contributed by atoms with van der Waals surface area (Å²) in [5.41, 5.74) is 1.09. The van der Waals surface area contributed by atoms with Gasteiger partial charge in [-0.2, -0.15) is 0 Å². The molecule has 0 bridgehead atoms. The largest absolute Gasteiger partial charge is 0.481 e. The first-order valence-electron chi connectivity index (χ1n) is 7.45. The van der Waals surface area contributed by atoms with Crippen LogP contribution in [0.2, 0.25) is 0 Å². The van der Waals surface area contributed by atoms with Crippen LogP contribution in [0, 0.1) is 5.92 Å². The van der Waals surface area contributed by atoms with E-state index < -0.39 is 5.97 Å². The number of hydrogen-bond acceptors (Lipinski definition) is 2. The van der Waals surface area contributed by atoms with E-state index in [2.05, 4.69) is 5.32 Å². The van der Waals surface area contributed by atoms with Gasteiger partial charge in [-0.3, -0.25) is 4.79 Å². The van der Waals surface area contributed by atoms with Gasteiger partial charge in [0.15, 0.2) is 0 Å². The first kappa shape index (κ1) is 15.4. The lowest BCUT2D eigenvalue weighted by Gasteiger charge is -2.31. The number of benzene rings is 1. The van der Waals surface area contributed by atoms with Crippen LogP contribution in [0.4, 0.5) is 4.79 Å². The van der Waals surface area contributed by atoms with Gasteiger partial charge in [0.2, 0.25) is 0 Å². The lowest BCUT2D eigenvalue weighted by Crippen LogP contribution is -2.46. The average molecular weight is 290 g/mol. The highest BCUT2D eigenvalue weighted by atomic mass is 16.4. The number of nitrogens with one attached hydrogen (secondary N) is 1. The molecular weight excluding hydrogens is 268 g/mol. The number of rotatable bonds is 4. The maximum atomic E-state index is 12.3. The molecule has 1 fully saturated rings. The number of likely N-dealkylation sites (tertiary alicyclic amines) is 1. The summed E-state index contributed by atoms with van der Waals surface area (Å²) in [6.07, 6.45) is 1.89. The Hall–Kier alpha value is -2.04. The number of amides is 2. The summed E-state index contributed by atoms with van der Waals surface area (Å²) in [4.78, 5) is 24.9. The van der Waals surface area contributed by atoms with Crippen molar-refractivity contribution in [3.05, 3.63) is 35.9 Å². The molecule has 2 N–H and O–H groups in total. The van der Waals surface area contributed by atoms with Gasteiger partial charge in [0.25, 0.3) is 0 Å². The van der Waals surface area contributed by atoms with Crippen LogP contribution in [0.25, 0.3) is 0 Å². The molecule has 21 heavy (non-hydrogen) atoms. The highest BCUT2D eigenvalue weighted by molar-refractivity contribution is 5.75. The zero-order chi connectivity index (χ0) is 15.2. The normalized spacial score (nSPS) is 17.3. The van der Waals surface area contributed by atoms with Gasteiger partial charge in [0.1, 0.15) is 0 Å². The van der Waals surface area contributed by atoms with Crippen molar-refractivity contribution in [2.24, 2.45) is 5.92 Å². The van der Waals surface area contributed by atoms with E-state index in [0.29, 0.717) is 25.9 Å². The third-order valence-corrected chi connectivity index (χ3v) is 4.04. The van der Waals surface area contributed by atoms with Crippen LogP contribution >= 0.6 is 0 Å². The van der Waals surface area contributed by atoms with E-state index in [1.165, 1.54) is 0 Å². The minimum Gasteiger partial charge on any atom is -0.481 e. The topological polar surface area (TPSA) is 69.6 Å². The van der Waals surface area contributed by atoms with Crippen LogP contribution in [-0.2, 0) is 4.79 Å². The van der Waals surface area contributed by atoms with Crippen molar-refractivity contribution >= 4 is 12.0 Å². The number of piperidine rings is 1. The fraction of sp³-hybridized carbons (Fsp3) is 0.500. The Kier molecular flexibility index (Phi) is 5.20. The van der Waals surface area contributed by atoms with Gasteiger partial charge in [0, 0.05) is 13.1 Å². The smallest absolute Gasteiger partial charge is 0.317 e. The summed E-state index contributed by atoms with van der Waals surface area (Å²) in [6, 6.07) is 9.78. The second-order valence-electron chi connectivity index (χ2n) is 5.42. The van der Waals surface area contributed by atoms with Crippen LogP contribution < -0.4 is 5.32 Å². The predicted molar refractivity (Wildman–Crippen MR) is 79.9 cm³/mol. The number of carboxylic acids is 1. The SMILES string of the molecule is CCC(NC(=O)N1CCC(C(=O)O)CC1)c1ccccc1. The zero-order valence-corrected chi connectivity index (χ0v) is 12.3. The second kappa shape index (κ2) is 7.11. The molecule has 1 aliphatic heterocycles. The third-order valence-electron chi connectivity index (χ3n) is 4.04. The highest BCUT2D eigenvalue weighted by Crippen LogP contribution is 2.20. The second-order valence-corrected chi connectivity index (χ2v) is 5.42. The number of hydrogen-bond donors (Lipinski definition) is 2. The molecular formula is C16H22N2O3. The molecule has 0 aliphatic carbocycles. The quantitative estimate of drug-likeness (QED) is 0.895. The molecule has 0 aromatic heterocycles. The summed E-state index contributed by atoms with van der Waals surface area (Å²) in [6.45, 7) is 3.05. The Morgan fingerprint density at radius 3 is 2.43 bits per heavy atom. The highest BCUT2D eigenvalue weighted by Gasteiger charge is 2.27. The fourth-order valence-electron chi connectivity index (χ4n) is 2.68. The van der Waals surface area contributed by atoms with Gasteiger partial charge in [-0.25, -0.2) is 4.79 Å². The van der Waals surface area contributed by atoms with Gasteiger partial charge >= 0.3 is 12.0 Å². The van der Waals surface area contributed by atoms with Crippen molar-refractivity contribution in [1.29, 1.82) is 0 Å². The molecule has 0 spiro atoms. The molecule has 1 saturated heterocycles. The molecule has 1 unspecified atom stereocenters. The van der Waals surface area contributed by atoms with E-state index in [-0.39, 0.29) is 18.0 Å². The monoisotopic (exact) mass is 290 g/mol. The van der Waals surface area contributed by atoms with Gasteiger partial charge in [-0.05, 0) is 24.8 Å². The van der Waals surface area contributed by atoms with Gasteiger partial charge < -0.3 is 15.3 Å². The Morgan fingerprint density at radius 2 is 1.90 bits per heavy atom. The van der Waals surface area contributed by atoms with Crippen LogP contribution in [-0.4, -0.2) is 35.1 Å². The molecule has 1 aromatic carbocycles. The summed E-state index contributed by atoms with van der Waals surface area (Å²) in [5, 5.41) is 12.0. The fourth-order valence-corrected chi connectivity index (χ4v) is 2.68. The summed E-state index contributed by atoms with van der Waals surface area (Å²) in [5.74, 6) is -1.07. The molecule has 2 amide bonds. The van der Waals surface area contributed by atoms with E-state index >= 15 is 0 Å². The zero-order valence-electron chi connectivity index (χ0n) is 12.3. The first-order chi connectivity index (χ1) is 10.1. The van der Waals surface area contributed by atoms with Gasteiger partial charge in [-0.1, -0.05) is 37.3 Å². The minimum atomic E-state index is -0.759. The average Bonchev–Trinajstić information content (AvgIpc) is 2.53. The van der Waals surface area contributed by atoms with Crippen LogP contribution in [0.1, 0.15) is 37.8 Å². The predicted octanol–water partition coefficient (Wildman–Crippen LogP) is 2.64. The third kappa shape index (κ3) is 3.97. The Bertz CT molecular complexity index is 482. The van der Waals surface area contributed by atoms with E-state index in [0.717, 1.165) is 12.0 Å². The van der Waals surface area contributed by atoms with Gasteiger partial charge in [-0.15, -0.1) is 0 Å². The maximum Gasteiger partial charge on any atom is 0.317 e.